The number of benzene rings is 1. The first kappa shape index (κ1) is 22.9. The van der Waals surface area contributed by atoms with Crippen LogP contribution in [0.15, 0.2) is 24.3 Å². The van der Waals surface area contributed by atoms with Gasteiger partial charge in [0, 0.05) is 32.5 Å². The quantitative estimate of drug-likeness (QED) is 0.537. The topological polar surface area (TPSA) is 38.8 Å². The fourth-order valence-electron chi connectivity index (χ4n) is 3.17. The first-order valence-corrected chi connectivity index (χ1v) is 13.2. The summed E-state index contributed by atoms with van der Waals surface area (Å²) in [7, 11) is -1.88. The molecule has 1 aromatic rings. The molecule has 0 bridgehead atoms. The molecular weight excluding hydrogens is 373 g/mol. The monoisotopic (exact) mass is 409 g/mol. The molecule has 6 heteroatoms. The third-order valence-corrected chi connectivity index (χ3v) is 10.6. The second-order valence-corrected chi connectivity index (χ2v) is 14.5. The van der Waals surface area contributed by atoms with E-state index in [1.165, 1.54) is 12.1 Å². The maximum atomic E-state index is 13.7. The Balaban J connectivity index is 2.09. The van der Waals surface area contributed by atoms with Crippen LogP contribution in [0.5, 0.6) is 0 Å². The summed E-state index contributed by atoms with van der Waals surface area (Å²) in [4.78, 5) is 14.4. The highest BCUT2D eigenvalue weighted by molar-refractivity contribution is 6.74. The number of rotatable bonds is 7. The number of amides is 1. The summed E-state index contributed by atoms with van der Waals surface area (Å²) in [6, 6.07) is 6.51. The summed E-state index contributed by atoms with van der Waals surface area (Å²) < 4.78 is 25.9. The average Bonchev–Trinajstić information content (AvgIpc) is 3.07. The van der Waals surface area contributed by atoms with Crippen molar-refractivity contribution in [3.05, 3.63) is 35.6 Å². The second kappa shape index (κ2) is 8.95. The zero-order valence-electron chi connectivity index (χ0n) is 18.3. The van der Waals surface area contributed by atoms with E-state index in [0.29, 0.717) is 19.4 Å². The van der Waals surface area contributed by atoms with Crippen LogP contribution in [0, 0.1) is 5.82 Å². The van der Waals surface area contributed by atoms with E-state index in [1.54, 1.807) is 11.0 Å². The van der Waals surface area contributed by atoms with Gasteiger partial charge in [0.1, 0.15) is 11.4 Å². The van der Waals surface area contributed by atoms with Gasteiger partial charge in [-0.3, -0.25) is 0 Å². The van der Waals surface area contributed by atoms with Crippen LogP contribution in [0.25, 0.3) is 0 Å². The molecule has 4 nitrogen and oxygen atoms in total. The number of likely N-dealkylation sites (tertiary alicyclic amines) is 1. The summed E-state index contributed by atoms with van der Waals surface area (Å²) in [5.74, 6) is -0.275. The third kappa shape index (κ3) is 6.31. The lowest BCUT2D eigenvalue weighted by Gasteiger charge is -2.38. The minimum Gasteiger partial charge on any atom is -0.443 e. The number of hydrogen-bond donors (Lipinski definition) is 0. The predicted molar refractivity (Wildman–Crippen MR) is 114 cm³/mol. The molecule has 1 aliphatic rings. The summed E-state index contributed by atoms with van der Waals surface area (Å²) in [5.41, 5.74) is 0.0829. The van der Waals surface area contributed by atoms with Crippen molar-refractivity contribution < 1.29 is 18.3 Å². The molecule has 158 valence electrons. The third-order valence-electron chi connectivity index (χ3n) is 6.07. The molecule has 1 fully saturated rings. The van der Waals surface area contributed by atoms with Crippen LogP contribution in [0.3, 0.4) is 0 Å². The second-order valence-electron chi connectivity index (χ2n) is 9.68. The van der Waals surface area contributed by atoms with Crippen LogP contribution < -0.4 is 0 Å². The van der Waals surface area contributed by atoms with Crippen molar-refractivity contribution in [2.45, 2.75) is 77.1 Å². The average molecular weight is 410 g/mol. The van der Waals surface area contributed by atoms with Gasteiger partial charge in [0.05, 0.1) is 0 Å². The first-order chi connectivity index (χ1) is 12.9. The van der Waals surface area contributed by atoms with Gasteiger partial charge in [-0.1, -0.05) is 32.9 Å². The summed E-state index contributed by atoms with van der Waals surface area (Å²) in [6.45, 7) is 15.0. The molecule has 0 unspecified atom stereocenters. The van der Waals surface area contributed by atoms with Crippen molar-refractivity contribution in [1.82, 2.24) is 4.90 Å². The van der Waals surface area contributed by atoms with E-state index in [9.17, 15) is 9.18 Å². The molecule has 0 aliphatic carbocycles. The Labute approximate surface area is 170 Å². The number of nitrogens with zero attached hydrogens (tertiary/aromatic N) is 1. The van der Waals surface area contributed by atoms with Crippen LogP contribution in [-0.2, 0) is 15.6 Å². The Morgan fingerprint density at radius 2 is 1.82 bits per heavy atom. The van der Waals surface area contributed by atoms with Gasteiger partial charge in [0.15, 0.2) is 8.32 Å². The van der Waals surface area contributed by atoms with Gasteiger partial charge in [0.2, 0.25) is 0 Å². The van der Waals surface area contributed by atoms with Crippen LogP contribution in [0.1, 0.15) is 52.5 Å². The molecule has 1 aromatic carbocycles. The highest BCUT2D eigenvalue weighted by Gasteiger charge is 2.38. The number of carbonyl (C=O) groups is 1. The van der Waals surface area contributed by atoms with Gasteiger partial charge < -0.3 is 14.1 Å². The lowest BCUT2D eigenvalue weighted by Crippen LogP contribution is -2.44. The lowest BCUT2D eigenvalue weighted by molar-refractivity contribution is -0.00816. The van der Waals surface area contributed by atoms with Crippen LogP contribution in [0.4, 0.5) is 9.18 Å². The molecule has 2 rings (SSSR count). The molecule has 1 heterocycles. The Morgan fingerprint density at radius 3 is 2.39 bits per heavy atom. The van der Waals surface area contributed by atoms with Crippen molar-refractivity contribution >= 4 is 14.4 Å². The molecule has 0 saturated carbocycles. The normalized spacial score (nSPS) is 17.5. The summed E-state index contributed by atoms with van der Waals surface area (Å²) >= 11 is 0. The number of carbonyl (C=O) groups excluding carboxylic acids is 1. The molecular formula is C22H36FNO3Si. The van der Waals surface area contributed by atoms with E-state index in [2.05, 4.69) is 33.9 Å². The fourth-order valence-corrected chi connectivity index (χ4v) is 4.21. The largest absolute Gasteiger partial charge is 0.443 e. The Morgan fingerprint density at radius 1 is 1.18 bits per heavy atom. The first-order valence-electron chi connectivity index (χ1n) is 10.3. The SMILES string of the molecule is CC(C)(C)[Si](C)(C)OCC[C@@](C)(Cc1cccc(F)c1)OC(=O)N1CCCC1. The van der Waals surface area contributed by atoms with E-state index < -0.39 is 13.9 Å². The van der Waals surface area contributed by atoms with Crippen LogP contribution in [-0.4, -0.2) is 44.6 Å². The number of ether oxygens (including phenoxy) is 1. The summed E-state index contributed by atoms with van der Waals surface area (Å²) in [6.07, 6.45) is 2.80. The fraction of sp³-hybridized carbons (Fsp3) is 0.682. The van der Waals surface area contributed by atoms with E-state index in [0.717, 1.165) is 31.5 Å². The lowest BCUT2D eigenvalue weighted by atomic mass is 9.93. The van der Waals surface area contributed by atoms with E-state index >= 15 is 0 Å². The van der Waals surface area contributed by atoms with Gasteiger partial charge in [-0.25, -0.2) is 9.18 Å². The van der Waals surface area contributed by atoms with Gasteiger partial charge in [0.25, 0.3) is 0 Å². The molecule has 0 aromatic heterocycles. The molecule has 1 saturated heterocycles. The number of hydrogen-bond acceptors (Lipinski definition) is 3. The Kier molecular flexibility index (Phi) is 7.31. The molecule has 0 radical (unpaired) electrons. The predicted octanol–water partition coefficient (Wildman–Crippen LogP) is 5.77. The van der Waals surface area contributed by atoms with Crippen molar-refractivity contribution in [1.29, 1.82) is 0 Å². The minimum absolute atomic E-state index is 0.123. The van der Waals surface area contributed by atoms with E-state index in [-0.39, 0.29) is 16.9 Å². The Hall–Kier alpha value is -1.40. The molecule has 0 spiro atoms. The summed E-state index contributed by atoms with van der Waals surface area (Å²) in [5, 5.41) is 0.123. The molecule has 1 amide bonds. The van der Waals surface area contributed by atoms with E-state index in [4.69, 9.17) is 9.16 Å². The maximum absolute atomic E-state index is 13.7. The molecule has 28 heavy (non-hydrogen) atoms. The van der Waals surface area contributed by atoms with Crippen molar-refractivity contribution in [3.8, 4) is 0 Å². The van der Waals surface area contributed by atoms with Gasteiger partial charge >= 0.3 is 6.09 Å². The number of halogens is 1. The smallest absolute Gasteiger partial charge is 0.410 e. The molecule has 1 aliphatic heterocycles. The van der Waals surface area contributed by atoms with Gasteiger partial charge in [-0.15, -0.1) is 0 Å². The highest BCUT2D eigenvalue weighted by atomic mass is 28.4. The van der Waals surface area contributed by atoms with Crippen LogP contribution >= 0.6 is 0 Å². The maximum Gasteiger partial charge on any atom is 0.410 e. The zero-order chi connectivity index (χ0) is 21.0. The molecule has 0 N–H and O–H groups in total. The molecule has 1 atom stereocenters. The van der Waals surface area contributed by atoms with Crippen molar-refractivity contribution in [3.63, 3.8) is 0 Å². The Bertz CT molecular complexity index is 668. The highest BCUT2D eigenvalue weighted by Crippen LogP contribution is 2.37. The van der Waals surface area contributed by atoms with Crippen LogP contribution in [0.2, 0.25) is 18.1 Å². The minimum atomic E-state index is -1.88. The zero-order valence-corrected chi connectivity index (χ0v) is 19.3. The standard InChI is InChI=1S/C22H36FNO3Si/c1-21(2,3)28(5,6)26-15-12-22(4,17-18-10-9-11-19(23)16-18)27-20(25)24-13-7-8-14-24/h9-11,16H,7-8,12-15,17H2,1-6H3/t22-/m0/s1. The van der Waals surface area contributed by atoms with Crippen molar-refractivity contribution in [2.24, 2.45) is 0 Å². The van der Waals surface area contributed by atoms with E-state index in [1.807, 2.05) is 13.0 Å². The van der Waals surface area contributed by atoms with Gasteiger partial charge in [-0.05, 0) is 55.6 Å². The van der Waals surface area contributed by atoms with Gasteiger partial charge in [-0.2, -0.15) is 0 Å². The van der Waals surface area contributed by atoms with Crippen molar-refractivity contribution in [2.75, 3.05) is 19.7 Å².